The van der Waals surface area contributed by atoms with E-state index in [0.717, 1.165) is 87.8 Å². The van der Waals surface area contributed by atoms with Crippen molar-refractivity contribution < 1.29 is 24.3 Å². The van der Waals surface area contributed by atoms with Crippen LogP contribution in [0.2, 0.25) is 0 Å². The summed E-state index contributed by atoms with van der Waals surface area (Å²) in [5.41, 5.74) is 4.64. The lowest BCUT2D eigenvalue weighted by molar-refractivity contribution is -0.146. The summed E-state index contributed by atoms with van der Waals surface area (Å²) >= 11 is 0. The van der Waals surface area contributed by atoms with Crippen molar-refractivity contribution in [3.05, 3.63) is 65.7 Å². The van der Waals surface area contributed by atoms with Gasteiger partial charge in [-0.1, -0.05) is 18.2 Å². The third kappa shape index (κ3) is 8.32. The first-order chi connectivity index (χ1) is 31.5. The zero-order valence-corrected chi connectivity index (χ0v) is 37.9. The summed E-state index contributed by atoms with van der Waals surface area (Å²) in [7, 11) is 0. The van der Waals surface area contributed by atoms with Crippen molar-refractivity contribution in [2.75, 3.05) is 74.0 Å². The topological polar surface area (TPSA) is 168 Å². The maximum atomic E-state index is 13.8. The van der Waals surface area contributed by atoms with Gasteiger partial charge in [0.2, 0.25) is 17.7 Å². The van der Waals surface area contributed by atoms with Crippen molar-refractivity contribution in [2.45, 2.75) is 120 Å². The van der Waals surface area contributed by atoms with Crippen molar-refractivity contribution in [3.8, 4) is 0 Å². The largest absolute Gasteiger partial charge is 0.389 e. The number of fused-ring (bicyclic) bond motifs is 7. The number of carbonyl (C=O) groups excluding carboxylic acids is 4. The fourth-order valence-electron chi connectivity index (χ4n) is 12.9. The first-order valence-electron chi connectivity index (χ1n) is 24.6. The van der Waals surface area contributed by atoms with E-state index in [9.17, 15) is 24.3 Å². The summed E-state index contributed by atoms with van der Waals surface area (Å²) in [4.78, 5) is 60.6. The Morgan fingerprint density at radius 2 is 1.62 bits per heavy atom. The van der Waals surface area contributed by atoms with Crippen molar-refractivity contribution >= 4 is 40.7 Å². The Balaban J connectivity index is 0.628. The number of nitrogens with zero attached hydrogens (tertiary/aromatic N) is 6. The van der Waals surface area contributed by atoms with E-state index in [4.69, 9.17) is 0 Å². The first kappa shape index (κ1) is 43.0. The van der Waals surface area contributed by atoms with Crippen LogP contribution in [0.25, 0.3) is 0 Å². The summed E-state index contributed by atoms with van der Waals surface area (Å²) in [6.45, 7) is 10.8. The van der Waals surface area contributed by atoms with Gasteiger partial charge in [0.25, 0.3) is 5.91 Å². The van der Waals surface area contributed by atoms with Gasteiger partial charge in [-0.15, -0.1) is 0 Å². The van der Waals surface area contributed by atoms with Gasteiger partial charge in [0.15, 0.2) is 0 Å². The molecule has 5 unspecified atom stereocenters. The second-order valence-electron chi connectivity index (χ2n) is 20.9. The molecule has 0 radical (unpaired) electrons. The quantitative estimate of drug-likeness (QED) is 0.178. The van der Waals surface area contributed by atoms with Crippen LogP contribution in [0, 0.1) is 17.3 Å². The molecule has 2 bridgehead atoms. The van der Waals surface area contributed by atoms with Gasteiger partial charge < -0.3 is 25.1 Å². The molecule has 16 nitrogen and oxygen atoms in total. The van der Waals surface area contributed by atoms with Crippen molar-refractivity contribution in [1.82, 2.24) is 41.1 Å². The molecule has 2 aromatic carbocycles. The molecule has 65 heavy (non-hydrogen) atoms. The molecule has 7 fully saturated rings. The smallest absolute Gasteiger partial charge is 0.255 e. The number of hydrazine groups is 1. The number of rotatable bonds is 7. The van der Waals surface area contributed by atoms with Crippen molar-refractivity contribution in [2.24, 2.45) is 17.3 Å². The Bertz CT molecular complexity index is 2180. The van der Waals surface area contributed by atoms with E-state index < -0.39 is 11.6 Å². The van der Waals surface area contributed by atoms with E-state index in [1.54, 1.807) is 4.90 Å². The molecule has 7 atom stereocenters. The Morgan fingerprint density at radius 3 is 2.40 bits per heavy atom. The second-order valence-corrected chi connectivity index (χ2v) is 20.9. The minimum absolute atomic E-state index is 0.0162. The number of imide groups is 1. The van der Waals surface area contributed by atoms with Gasteiger partial charge in [0, 0.05) is 94.0 Å². The molecule has 1 spiro atoms. The third-order valence-electron chi connectivity index (χ3n) is 16.7. The third-order valence-corrected chi connectivity index (χ3v) is 16.7. The highest BCUT2D eigenvalue weighted by molar-refractivity contribution is 6.05. The molecule has 348 valence electrons. The minimum Gasteiger partial charge on any atom is -0.389 e. The Labute approximate surface area is 382 Å². The molecule has 11 rings (SSSR count). The minimum atomic E-state index is -0.805. The van der Waals surface area contributed by atoms with Crippen LogP contribution in [-0.2, 0) is 20.9 Å². The van der Waals surface area contributed by atoms with Gasteiger partial charge in [0.1, 0.15) is 12.3 Å². The highest BCUT2D eigenvalue weighted by Crippen LogP contribution is 2.53. The molecule has 1 aliphatic carbocycles. The Morgan fingerprint density at radius 1 is 0.846 bits per heavy atom. The van der Waals surface area contributed by atoms with Crippen LogP contribution >= 0.6 is 0 Å². The van der Waals surface area contributed by atoms with Gasteiger partial charge in [-0.2, -0.15) is 5.01 Å². The molecule has 6 saturated heterocycles. The number of hydrogen-bond acceptors (Lipinski definition) is 13. The van der Waals surface area contributed by atoms with Crippen LogP contribution in [0.15, 0.2) is 54.6 Å². The molecule has 6 N–H and O–H groups in total. The Kier molecular flexibility index (Phi) is 11.4. The van der Waals surface area contributed by atoms with Gasteiger partial charge in [-0.25, -0.2) is 0 Å². The van der Waals surface area contributed by atoms with Gasteiger partial charge >= 0.3 is 0 Å². The highest BCUT2D eigenvalue weighted by Gasteiger charge is 2.53. The van der Waals surface area contributed by atoms with Crippen LogP contribution in [0.1, 0.15) is 93.5 Å². The van der Waals surface area contributed by atoms with Crippen LogP contribution in [-0.4, -0.2) is 144 Å². The summed E-state index contributed by atoms with van der Waals surface area (Å²) in [6.07, 6.45) is 13.8. The lowest BCUT2D eigenvalue weighted by atomic mass is 9.57. The number of piperidine rings is 3. The number of benzene rings is 2. The Hall–Kier alpha value is -4.58. The summed E-state index contributed by atoms with van der Waals surface area (Å²) in [6, 6.07) is 14.4. The van der Waals surface area contributed by atoms with E-state index in [0.29, 0.717) is 43.5 Å². The lowest BCUT2D eigenvalue weighted by Crippen LogP contribution is -2.69. The van der Waals surface area contributed by atoms with Crippen molar-refractivity contribution in [3.63, 3.8) is 0 Å². The van der Waals surface area contributed by atoms with Gasteiger partial charge in [-0.3, -0.25) is 50.4 Å². The number of nitrogens with one attached hydrogen (secondary N) is 5. The van der Waals surface area contributed by atoms with Crippen LogP contribution in [0.4, 0.5) is 17.1 Å². The number of carbonyl (C=O) groups is 4. The average molecular weight is 890 g/mol. The molecule has 4 amide bonds. The fourth-order valence-corrected chi connectivity index (χ4v) is 12.9. The first-order valence-corrected chi connectivity index (χ1v) is 24.6. The molecule has 1 saturated carbocycles. The van der Waals surface area contributed by atoms with Crippen LogP contribution < -0.4 is 36.4 Å². The van der Waals surface area contributed by atoms with E-state index in [1.165, 1.54) is 37.9 Å². The SMILES string of the molecule is C[C@@]1(O)CCC=CCN2C(=O)C3CNC(Nc4ccc(N5CCN(CC6CC7(CCN(c8ccc9c(c8)C(=O)N([C@H]8CCC(=O)NC8=O)C9)CC7)C6)CC5)cc4)NC3N2C2CCCC1N2. The number of anilines is 3. The predicted octanol–water partition coefficient (Wildman–Crippen LogP) is 2.73. The maximum Gasteiger partial charge on any atom is 0.255 e. The molecular formula is C49H67N11O5. The number of hydrogen-bond donors (Lipinski definition) is 6. The summed E-state index contributed by atoms with van der Waals surface area (Å²) < 4.78 is 0. The monoisotopic (exact) mass is 890 g/mol. The van der Waals surface area contributed by atoms with Crippen LogP contribution in [0.5, 0.6) is 0 Å². The van der Waals surface area contributed by atoms with E-state index >= 15 is 0 Å². The molecule has 9 aliphatic rings. The zero-order chi connectivity index (χ0) is 44.5. The molecule has 8 heterocycles. The van der Waals surface area contributed by atoms with Gasteiger partial charge in [0.05, 0.1) is 30.4 Å². The number of allylic oxidation sites excluding steroid dienone is 1. The van der Waals surface area contributed by atoms with Crippen molar-refractivity contribution in [1.29, 1.82) is 0 Å². The van der Waals surface area contributed by atoms with E-state index in [1.807, 2.05) is 24.1 Å². The van der Waals surface area contributed by atoms with Crippen LogP contribution in [0.3, 0.4) is 0 Å². The lowest BCUT2D eigenvalue weighted by Gasteiger charge is -2.54. The molecule has 2 aromatic rings. The van der Waals surface area contributed by atoms with E-state index in [-0.39, 0.29) is 60.6 Å². The molecule has 16 heteroatoms. The van der Waals surface area contributed by atoms with E-state index in [2.05, 4.69) is 88.8 Å². The summed E-state index contributed by atoms with van der Waals surface area (Å²) in [5, 5.41) is 32.6. The number of piperazine rings is 1. The molecular weight excluding hydrogens is 823 g/mol. The highest BCUT2D eigenvalue weighted by atomic mass is 16.3. The van der Waals surface area contributed by atoms with Gasteiger partial charge in [-0.05, 0) is 124 Å². The normalized spacial score (nSPS) is 33.3. The fraction of sp³-hybridized carbons (Fsp3) is 0.633. The molecule has 0 aromatic heterocycles. The maximum absolute atomic E-state index is 13.8. The summed E-state index contributed by atoms with van der Waals surface area (Å²) in [5.74, 6) is -0.0415. The predicted molar refractivity (Wildman–Crippen MR) is 247 cm³/mol. The number of aliphatic hydroxyl groups is 1. The zero-order valence-electron chi connectivity index (χ0n) is 37.9. The standard InChI is InChI=1S/C49H67N11O5/c1-48(65)16-3-2-4-19-59-46(64)38-29-50-47(54-43(38)60(59)41-7-5-6-40(48)52-41)51-34-9-12-35(13-10-34)57-24-22-55(23-25-57)30-32-27-49(28-32)17-20-56(21-18-49)36-11-8-33-31-58(45(63)37(33)26-36)39-14-15-42(61)53-44(39)62/h2,4,8-13,26,32,38-41,43,47,50-52,54,65H,3,5-7,14-25,27-31H2,1H3,(H,53,61,62)/t38?,39-,40?,41?,43?,47?,48+/m0/s1. The second kappa shape index (κ2) is 17.3. The number of amides is 4. The molecule has 8 aliphatic heterocycles. The average Bonchev–Trinajstić information content (AvgIpc) is 3.77.